The maximum absolute atomic E-state index is 12.9. The Kier molecular flexibility index (Phi) is 6.27. The van der Waals surface area contributed by atoms with E-state index in [1.165, 1.54) is 36.3 Å². The van der Waals surface area contributed by atoms with Crippen LogP contribution in [0, 0.1) is 0 Å². The Labute approximate surface area is 181 Å². The van der Waals surface area contributed by atoms with Crippen LogP contribution in [0.1, 0.15) is 10.4 Å². The highest BCUT2D eigenvalue weighted by molar-refractivity contribution is 9.10. The molecule has 11 heteroatoms. The molecule has 0 unspecified atom stereocenters. The first-order valence-corrected chi connectivity index (χ1v) is 11.0. The molecule has 1 heterocycles. The van der Waals surface area contributed by atoms with Crippen molar-refractivity contribution in [2.45, 2.75) is 11.0 Å². The minimum absolute atomic E-state index is 0.0674. The molecular formula is C18H18BrClN2O6S. The molecule has 2 N–H and O–H groups in total. The van der Waals surface area contributed by atoms with E-state index in [1.54, 1.807) is 13.2 Å². The normalized spacial score (nSPS) is 14.4. The Morgan fingerprint density at radius 1 is 1.28 bits per heavy atom. The van der Waals surface area contributed by atoms with Crippen LogP contribution in [0.5, 0.6) is 11.5 Å². The molecule has 0 saturated carbocycles. The highest BCUT2D eigenvalue weighted by Gasteiger charge is 2.33. The molecule has 1 amide bonds. The van der Waals surface area contributed by atoms with E-state index in [0.29, 0.717) is 17.6 Å². The Balaban J connectivity index is 1.95. The third-order valence-corrected chi connectivity index (χ3v) is 6.53. The largest absolute Gasteiger partial charge is 0.505 e. The van der Waals surface area contributed by atoms with E-state index in [2.05, 4.69) is 20.7 Å². The Morgan fingerprint density at radius 3 is 2.59 bits per heavy atom. The van der Waals surface area contributed by atoms with E-state index in [4.69, 9.17) is 21.1 Å². The summed E-state index contributed by atoms with van der Waals surface area (Å²) in [5, 5.41) is 10.7. The fourth-order valence-electron chi connectivity index (χ4n) is 2.82. The monoisotopic (exact) mass is 504 g/mol. The number of halogens is 2. The predicted octanol–water partition coefficient (Wildman–Crippen LogP) is 3.09. The lowest BCUT2D eigenvalue weighted by Gasteiger charge is -2.38. The van der Waals surface area contributed by atoms with Crippen LogP contribution in [0.4, 0.5) is 5.69 Å². The maximum atomic E-state index is 12.9. The van der Waals surface area contributed by atoms with Gasteiger partial charge in [0.1, 0.15) is 10.6 Å². The van der Waals surface area contributed by atoms with E-state index in [0.717, 1.165) is 0 Å². The summed E-state index contributed by atoms with van der Waals surface area (Å²) in [6, 6.07) is 6.99. The smallest absolute Gasteiger partial charge is 0.265 e. The molecule has 2 aromatic carbocycles. The van der Waals surface area contributed by atoms with Crippen LogP contribution in [0.25, 0.3) is 0 Å². The number of carbonyl (C=O) groups excluding carboxylic acids is 1. The van der Waals surface area contributed by atoms with Gasteiger partial charge in [-0.1, -0.05) is 27.5 Å². The molecule has 0 aliphatic carbocycles. The van der Waals surface area contributed by atoms with Gasteiger partial charge >= 0.3 is 0 Å². The van der Waals surface area contributed by atoms with Crippen molar-refractivity contribution in [3.8, 4) is 11.5 Å². The summed E-state index contributed by atoms with van der Waals surface area (Å²) < 4.78 is 38.8. The number of phenols is 1. The molecule has 0 atom stereocenters. The number of carbonyl (C=O) groups is 1. The molecular weight excluding hydrogens is 488 g/mol. The molecule has 2 aromatic rings. The van der Waals surface area contributed by atoms with Crippen molar-refractivity contribution >= 4 is 49.1 Å². The fourth-order valence-corrected chi connectivity index (χ4v) is 4.81. The Morgan fingerprint density at radius 2 is 1.97 bits per heavy atom. The van der Waals surface area contributed by atoms with Gasteiger partial charge in [0.2, 0.25) is 0 Å². The number of phenolic OH excluding ortho intramolecular Hbond substituents is 1. The standard InChI is InChI=1S/C18H18BrClN2O6S/c1-27-12-8-22(9-12)18(24)13-6-11(20)7-14(17(13)23)21-29(25,26)16-5-10(19)3-4-15(16)28-2/h3-7,12,21,23H,8-9H2,1-2H3. The van der Waals surface area contributed by atoms with Crippen LogP contribution in [0.3, 0.4) is 0 Å². The van der Waals surface area contributed by atoms with Crippen molar-refractivity contribution < 1.29 is 27.8 Å². The van der Waals surface area contributed by atoms with Crippen LogP contribution in [-0.4, -0.2) is 57.7 Å². The second-order valence-corrected chi connectivity index (χ2v) is 9.32. The molecule has 1 saturated heterocycles. The van der Waals surface area contributed by atoms with Gasteiger partial charge in [0.05, 0.1) is 24.5 Å². The van der Waals surface area contributed by atoms with Gasteiger partial charge in [-0.05, 0) is 30.3 Å². The van der Waals surface area contributed by atoms with Crippen LogP contribution in [0.2, 0.25) is 5.02 Å². The molecule has 8 nitrogen and oxygen atoms in total. The summed E-state index contributed by atoms with van der Waals surface area (Å²) >= 11 is 9.30. The van der Waals surface area contributed by atoms with Crippen LogP contribution < -0.4 is 9.46 Å². The van der Waals surface area contributed by atoms with Gasteiger partial charge in [-0.3, -0.25) is 9.52 Å². The number of likely N-dealkylation sites (tertiary alicyclic amines) is 1. The lowest BCUT2D eigenvalue weighted by molar-refractivity contribution is -0.0193. The number of amides is 1. The summed E-state index contributed by atoms with van der Waals surface area (Å²) in [4.78, 5) is 14.0. The third-order valence-electron chi connectivity index (χ3n) is 4.43. The number of hydrogen-bond donors (Lipinski definition) is 2. The third kappa shape index (κ3) is 4.45. The lowest BCUT2D eigenvalue weighted by atomic mass is 10.1. The molecule has 3 rings (SSSR count). The van der Waals surface area contributed by atoms with Crippen molar-refractivity contribution in [2.24, 2.45) is 0 Å². The van der Waals surface area contributed by atoms with Crippen molar-refractivity contribution in [3.63, 3.8) is 0 Å². The SMILES string of the molecule is COc1ccc(Br)cc1S(=O)(=O)Nc1cc(Cl)cc(C(=O)N2CC(OC)C2)c1O. The van der Waals surface area contributed by atoms with E-state index >= 15 is 0 Å². The first-order chi connectivity index (χ1) is 13.7. The molecule has 1 fully saturated rings. The van der Waals surface area contributed by atoms with Gasteiger partial charge < -0.3 is 19.5 Å². The molecule has 0 bridgehead atoms. The molecule has 0 radical (unpaired) electrons. The molecule has 29 heavy (non-hydrogen) atoms. The zero-order valence-electron chi connectivity index (χ0n) is 15.5. The number of aromatic hydroxyl groups is 1. The van der Waals surface area contributed by atoms with Gasteiger partial charge in [0, 0.05) is 29.7 Å². The van der Waals surface area contributed by atoms with Crippen molar-refractivity contribution in [3.05, 3.63) is 45.4 Å². The van der Waals surface area contributed by atoms with Gasteiger partial charge in [-0.2, -0.15) is 0 Å². The van der Waals surface area contributed by atoms with Gasteiger partial charge in [-0.25, -0.2) is 8.42 Å². The van der Waals surface area contributed by atoms with E-state index < -0.39 is 21.7 Å². The molecule has 0 spiro atoms. The number of benzene rings is 2. The summed E-state index contributed by atoms with van der Waals surface area (Å²) in [5.41, 5.74) is -0.322. The van der Waals surface area contributed by atoms with Gasteiger partial charge in [0.15, 0.2) is 5.75 Å². The zero-order chi connectivity index (χ0) is 21.3. The number of nitrogens with one attached hydrogen (secondary N) is 1. The van der Waals surface area contributed by atoms with Crippen LogP contribution in [0.15, 0.2) is 39.7 Å². The number of anilines is 1. The fraction of sp³-hybridized carbons (Fsp3) is 0.278. The number of hydrogen-bond acceptors (Lipinski definition) is 6. The van der Waals surface area contributed by atoms with Crippen molar-refractivity contribution in [1.29, 1.82) is 0 Å². The summed E-state index contributed by atoms with van der Waals surface area (Å²) in [7, 11) is -1.26. The minimum atomic E-state index is -4.15. The van der Waals surface area contributed by atoms with Gasteiger partial charge in [-0.15, -0.1) is 0 Å². The first kappa shape index (κ1) is 21.7. The van der Waals surface area contributed by atoms with Crippen molar-refractivity contribution in [1.82, 2.24) is 4.90 Å². The molecule has 156 valence electrons. The first-order valence-electron chi connectivity index (χ1n) is 8.37. The second kappa shape index (κ2) is 8.39. The average Bonchev–Trinajstić information content (AvgIpc) is 2.63. The van der Waals surface area contributed by atoms with E-state index in [-0.39, 0.29) is 33.0 Å². The number of methoxy groups -OCH3 is 2. The van der Waals surface area contributed by atoms with Crippen molar-refractivity contribution in [2.75, 3.05) is 32.0 Å². The Hall–Kier alpha value is -2.01. The Bertz CT molecular complexity index is 1060. The number of nitrogens with zero attached hydrogens (tertiary/aromatic N) is 1. The number of sulfonamides is 1. The van der Waals surface area contributed by atoms with E-state index in [9.17, 15) is 18.3 Å². The quantitative estimate of drug-likeness (QED) is 0.585. The number of rotatable bonds is 6. The number of ether oxygens (including phenoxy) is 2. The summed E-state index contributed by atoms with van der Waals surface area (Å²) in [6.07, 6.45) is -0.0674. The average molecular weight is 506 g/mol. The topological polar surface area (TPSA) is 105 Å². The lowest BCUT2D eigenvalue weighted by Crippen LogP contribution is -2.54. The maximum Gasteiger partial charge on any atom is 0.265 e. The van der Waals surface area contributed by atoms with Gasteiger partial charge in [0.25, 0.3) is 15.9 Å². The second-order valence-electron chi connectivity index (χ2n) is 6.32. The summed E-state index contributed by atoms with van der Waals surface area (Å²) in [6.45, 7) is 0.745. The zero-order valence-corrected chi connectivity index (χ0v) is 18.6. The summed E-state index contributed by atoms with van der Waals surface area (Å²) in [5.74, 6) is -0.874. The highest BCUT2D eigenvalue weighted by Crippen LogP contribution is 2.36. The molecule has 1 aliphatic rings. The molecule has 0 aromatic heterocycles. The molecule has 1 aliphatic heterocycles. The van der Waals surface area contributed by atoms with Crippen LogP contribution >= 0.6 is 27.5 Å². The van der Waals surface area contributed by atoms with Crippen LogP contribution in [-0.2, 0) is 14.8 Å². The van der Waals surface area contributed by atoms with E-state index in [1.807, 2.05) is 0 Å². The minimum Gasteiger partial charge on any atom is -0.505 e. The highest BCUT2D eigenvalue weighted by atomic mass is 79.9. The predicted molar refractivity (Wildman–Crippen MR) is 111 cm³/mol.